The Bertz CT molecular complexity index is 240. The summed E-state index contributed by atoms with van der Waals surface area (Å²) in [6, 6.07) is 1.73. The zero-order valence-electron chi connectivity index (χ0n) is 11.7. The van der Waals surface area contributed by atoms with Crippen LogP contribution in [-0.4, -0.2) is 61.2 Å². The summed E-state index contributed by atoms with van der Waals surface area (Å²) >= 11 is 0. The summed E-state index contributed by atoms with van der Waals surface area (Å²) in [5.41, 5.74) is 0. The molecule has 2 saturated heterocycles. The fraction of sp³-hybridized carbons (Fsp3) is 1.00. The van der Waals surface area contributed by atoms with Crippen LogP contribution in [0.3, 0.4) is 0 Å². The van der Waals surface area contributed by atoms with Gasteiger partial charge in [0.15, 0.2) is 0 Å². The SMILES string of the molecule is C1CNC(CN(CCCN2CCCC2)C2CC2)C1. The summed E-state index contributed by atoms with van der Waals surface area (Å²) < 4.78 is 0. The van der Waals surface area contributed by atoms with Gasteiger partial charge in [0, 0.05) is 18.6 Å². The van der Waals surface area contributed by atoms with Crippen LogP contribution in [0.2, 0.25) is 0 Å². The molecule has 2 aliphatic heterocycles. The maximum absolute atomic E-state index is 3.65. The van der Waals surface area contributed by atoms with Crippen LogP contribution in [0.15, 0.2) is 0 Å². The molecule has 0 aromatic heterocycles. The molecule has 104 valence electrons. The van der Waals surface area contributed by atoms with Gasteiger partial charge < -0.3 is 10.2 Å². The fourth-order valence-electron chi connectivity index (χ4n) is 3.56. The molecule has 3 heteroatoms. The molecule has 1 N–H and O–H groups in total. The molecule has 1 unspecified atom stereocenters. The number of hydrogen-bond donors (Lipinski definition) is 1. The predicted molar refractivity (Wildman–Crippen MR) is 75.9 cm³/mol. The van der Waals surface area contributed by atoms with Crippen LogP contribution >= 0.6 is 0 Å². The monoisotopic (exact) mass is 251 g/mol. The predicted octanol–water partition coefficient (Wildman–Crippen LogP) is 1.69. The zero-order chi connectivity index (χ0) is 12.2. The Balaban J connectivity index is 1.36. The lowest BCUT2D eigenvalue weighted by molar-refractivity contribution is 0.220. The zero-order valence-corrected chi connectivity index (χ0v) is 11.7. The van der Waals surface area contributed by atoms with E-state index in [0.717, 1.165) is 12.1 Å². The molecule has 1 atom stereocenters. The minimum Gasteiger partial charge on any atom is -0.313 e. The molecular formula is C15H29N3. The molecule has 18 heavy (non-hydrogen) atoms. The lowest BCUT2D eigenvalue weighted by atomic mass is 10.2. The van der Waals surface area contributed by atoms with Crippen LogP contribution in [0.4, 0.5) is 0 Å². The molecule has 1 aliphatic carbocycles. The third-order valence-corrected chi connectivity index (χ3v) is 4.80. The van der Waals surface area contributed by atoms with Gasteiger partial charge >= 0.3 is 0 Å². The Morgan fingerprint density at radius 1 is 1.06 bits per heavy atom. The second-order valence-electron chi connectivity index (χ2n) is 6.42. The summed E-state index contributed by atoms with van der Waals surface area (Å²) in [5.74, 6) is 0. The van der Waals surface area contributed by atoms with E-state index in [1.165, 1.54) is 84.2 Å². The van der Waals surface area contributed by atoms with Gasteiger partial charge in [-0.05, 0) is 77.7 Å². The van der Waals surface area contributed by atoms with Crippen LogP contribution in [-0.2, 0) is 0 Å². The average Bonchev–Trinajstić information content (AvgIpc) is 2.89. The maximum atomic E-state index is 3.65. The van der Waals surface area contributed by atoms with Crippen molar-refractivity contribution in [3.8, 4) is 0 Å². The van der Waals surface area contributed by atoms with E-state index in [-0.39, 0.29) is 0 Å². The number of nitrogens with zero attached hydrogens (tertiary/aromatic N) is 2. The molecular weight excluding hydrogens is 222 g/mol. The van der Waals surface area contributed by atoms with Gasteiger partial charge in [0.25, 0.3) is 0 Å². The highest BCUT2D eigenvalue weighted by Gasteiger charge is 2.30. The Morgan fingerprint density at radius 3 is 2.56 bits per heavy atom. The normalized spacial score (nSPS) is 29.5. The Kier molecular flexibility index (Phi) is 4.55. The largest absolute Gasteiger partial charge is 0.313 e. The van der Waals surface area contributed by atoms with Gasteiger partial charge in [-0.25, -0.2) is 0 Å². The highest BCUT2D eigenvalue weighted by molar-refractivity contribution is 4.88. The smallest absolute Gasteiger partial charge is 0.0195 e. The quantitative estimate of drug-likeness (QED) is 0.743. The molecule has 0 aromatic rings. The lowest BCUT2D eigenvalue weighted by Gasteiger charge is -2.26. The Hall–Kier alpha value is -0.120. The van der Waals surface area contributed by atoms with Crippen molar-refractivity contribution < 1.29 is 0 Å². The summed E-state index contributed by atoms with van der Waals surface area (Å²) in [6.07, 6.45) is 9.93. The first-order valence-corrected chi connectivity index (χ1v) is 8.11. The Labute approximate surface area is 112 Å². The molecule has 0 aromatic carbocycles. The maximum Gasteiger partial charge on any atom is 0.0195 e. The minimum atomic E-state index is 0.789. The van der Waals surface area contributed by atoms with Crippen molar-refractivity contribution in [3.05, 3.63) is 0 Å². The van der Waals surface area contributed by atoms with E-state index in [2.05, 4.69) is 15.1 Å². The van der Waals surface area contributed by atoms with Gasteiger partial charge in [0.2, 0.25) is 0 Å². The van der Waals surface area contributed by atoms with E-state index in [4.69, 9.17) is 0 Å². The molecule has 0 spiro atoms. The van der Waals surface area contributed by atoms with Crippen molar-refractivity contribution in [2.24, 2.45) is 0 Å². The fourth-order valence-corrected chi connectivity index (χ4v) is 3.56. The number of nitrogens with one attached hydrogen (secondary N) is 1. The van der Waals surface area contributed by atoms with Crippen molar-refractivity contribution in [3.63, 3.8) is 0 Å². The standard InChI is InChI=1S/C15H29N3/c1-2-10-17(9-1)11-4-12-18(15-6-7-15)13-14-5-3-8-16-14/h14-16H,1-13H2. The van der Waals surface area contributed by atoms with Crippen LogP contribution in [0.5, 0.6) is 0 Å². The third-order valence-electron chi connectivity index (χ3n) is 4.80. The van der Waals surface area contributed by atoms with E-state index in [9.17, 15) is 0 Å². The summed E-state index contributed by atoms with van der Waals surface area (Å²) in [6.45, 7) is 7.93. The van der Waals surface area contributed by atoms with E-state index < -0.39 is 0 Å². The van der Waals surface area contributed by atoms with Crippen molar-refractivity contribution in [2.75, 3.05) is 39.3 Å². The summed E-state index contributed by atoms with van der Waals surface area (Å²) in [4.78, 5) is 5.43. The Morgan fingerprint density at radius 2 is 1.89 bits per heavy atom. The van der Waals surface area contributed by atoms with Crippen LogP contribution in [0.25, 0.3) is 0 Å². The van der Waals surface area contributed by atoms with Crippen molar-refractivity contribution in [1.82, 2.24) is 15.1 Å². The lowest BCUT2D eigenvalue weighted by Crippen LogP contribution is -2.40. The van der Waals surface area contributed by atoms with Crippen molar-refractivity contribution in [1.29, 1.82) is 0 Å². The number of rotatable bonds is 7. The second kappa shape index (κ2) is 6.36. The van der Waals surface area contributed by atoms with E-state index in [1.807, 2.05) is 0 Å². The van der Waals surface area contributed by atoms with Crippen LogP contribution in [0.1, 0.15) is 44.9 Å². The van der Waals surface area contributed by atoms with Gasteiger partial charge in [-0.3, -0.25) is 4.90 Å². The van der Waals surface area contributed by atoms with Gasteiger partial charge in [-0.2, -0.15) is 0 Å². The van der Waals surface area contributed by atoms with E-state index >= 15 is 0 Å². The minimum absolute atomic E-state index is 0.789. The highest BCUT2D eigenvalue weighted by Crippen LogP contribution is 2.27. The number of hydrogen-bond acceptors (Lipinski definition) is 3. The first-order chi connectivity index (χ1) is 8.92. The molecule has 0 amide bonds. The van der Waals surface area contributed by atoms with Gasteiger partial charge in [-0.1, -0.05) is 0 Å². The van der Waals surface area contributed by atoms with Gasteiger partial charge in [-0.15, -0.1) is 0 Å². The second-order valence-corrected chi connectivity index (χ2v) is 6.42. The molecule has 0 bridgehead atoms. The highest BCUT2D eigenvalue weighted by atomic mass is 15.2. The third kappa shape index (κ3) is 3.69. The molecule has 3 fully saturated rings. The molecule has 1 saturated carbocycles. The number of likely N-dealkylation sites (tertiary alicyclic amines) is 1. The molecule has 0 radical (unpaired) electrons. The van der Waals surface area contributed by atoms with Crippen molar-refractivity contribution in [2.45, 2.75) is 57.0 Å². The van der Waals surface area contributed by atoms with Gasteiger partial charge in [0.05, 0.1) is 0 Å². The van der Waals surface area contributed by atoms with Crippen molar-refractivity contribution >= 4 is 0 Å². The average molecular weight is 251 g/mol. The topological polar surface area (TPSA) is 18.5 Å². The van der Waals surface area contributed by atoms with Crippen LogP contribution in [0, 0.1) is 0 Å². The van der Waals surface area contributed by atoms with E-state index in [0.29, 0.717) is 0 Å². The first-order valence-electron chi connectivity index (χ1n) is 8.11. The van der Waals surface area contributed by atoms with Gasteiger partial charge in [0.1, 0.15) is 0 Å². The molecule has 2 heterocycles. The first kappa shape index (κ1) is 12.9. The van der Waals surface area contributed by atoms with Crippen LogP contribution < -0.4 is 5.32 Å². The summed E-state index contributed by atoms with van der Waals surface area (Å²) in [5, 5.41) is 3.65. The molecule has 3 nitrogen and oxygen atoms in total. The molecule has 3 rings (SSSR count). The molecule has 3 aliphatic rings. The van der Waals surface area contributed by atoms with E-state index in [1.54, 1.807) is 0 Å². The summed E-state index contributed by atoms with van der Waals surface area (Å²) in [7, 11) is 0.